The second kappa shape index (κ2) is 6.89. The molecule has 3 aliphatic heterocycles. The molecule has 4 heterocycles. The van der Waals surface area contributed by atoms with Crippen molar-refractivity contribution < 1.29 is 9.59 Å². The van der Waals surface area contributed by atoms with Crippen molar-refractivity contribution in [3.05, 3.63) is 23.9 Å². The zero-order valence-corrected chi connectivity index (χ0v) is 15.4. The Labute approximate surface area is 154 Å². The fourth-order valence-corrected chi connectivity index (χ4v) is 5.34. The van der Waals surface area contributed by atoms with Crippen molar-refractivity contribution in [3.63, 3.8) is 0 Å². The summed E-state index contributed by atoms with van der Waals surface area (Å²) in [5.41, 5.74) is 6.18. The molecule has 2 amide bonds. The number of pyridine rings is 1. The lowest BCUT2D eigenvalue weighted by Crippen LogP contribution is -2.65. The standard InChI is InChI=1S/C20H28N4O2/c1-2-5-16-13-10-14(17-7-4-9-19(25)24(16)17)12-23(11-13)20(26)15-6-3-8-18(21)22-15/h3,6,8,13-14,16-17H,2,4-5,7,9-12H2,1H3,(H2,21,22)/t13-,14+,16-,17-/m0/s1. The van der Waals surface area contributed by atoms with E-state index in [0.29, 0.717) is 48.3 Å². The van der Waals surface area contributed by atoms with Gasteiger partial charge in [0.05, 0.1) is 0 Å². The summed E-state index contributed by atoms with van der Waals surface area (Å²) in [5, 5.41) is 0. The Kier molecular flexibility index (Phi) is 4.59. The molecule has 0 aliphatic carbocycles. The molecule has 0 unspecified atom stereocenters. The van der Waals surface area contributed by atoms with Crippen LogP contribution in [-0.4, -0.2) is 51.8 Å². The highest BCUT2D eigenvalue weighted by molar-refractivity contribution is 5.92. The smallest absolute Gasteiger partial charge is 0.272 e. The van der Waals surface area contributed by atoms with Gasteiger partial charge < -0.3 is 15.5 Å². The van der Waals surface area contributed by atoms with Gasteiger partial charge in [0.25, 0.3) is 5.91 Å². The molecular weight excluding hydrogens is 328 g/mol. The zero-order valence-electron chi connectivity index (χ0n) is 15.4. The van der Waals surface area contributed by atoms with Crippen molar-refractivity contribution in [3.8, 4) is 0 Å². The highest BCUT2D eigenvalue weighted by atomic mass is 16.2. The van der Waals surface area contributed by atoms with Gasteiger partial charge in [-0.2, -0.15) is 0 Å². The maximum atomic E-state index is 13.0. The summed E-state index contributed by atoms with van der Waals surface area (Å²) >= 11 is 0. The molecule has 0 spiro atoms. The number of carbonyl (C=O) groups excluding carboxylic acids is 2. The zero-order chi connectivity index (χ0) is 18.3. The van der Waals surface area contributed by atoms with E-state index in [1.807, 2.05) is 4.90 Å². The average molecular weight is 356 g/mol. The number of anilines is 1. The second-order valence-corrected chi connectivity index (χ2v) is 8.03. The van der Waals surface area contributed by atoms with Crippen LogP contribution in [0.5, 0.6) is 0 Å². The van der Waals surface area contributed by atoms with Crippen LogP contribution in [0.15, 0.2) is 18.2 Å². The first-order valence-corrected chi connectivity index (χ1v) is 9.91. The van der Waals surface area contributed by atoms with Gasteiger partial charge in [-0.3, -0.25) is 9.59 Å². The summed E-state index contributed by atoms with van der Waals surface area (Å²) in [7, 11) is 0. The monoisotopic (exact) mass is 356 g/mol. The Balaban J connectivity index is 1.59. The molecule has 3 saturated heterocycles. The number of hydrogen-bond acceptors (Lipinski definition) is 4. The van der Waals surface area contributed by atoms with Crippen molar-refractivity contribution in [2.45, 2.75) is 57.5 Å². The lowest BCUT2D eigenvalue weighted by Gasteiger charge is -2.56. The third-order valence-corrected chi connectivity index (χ3v) is 6.36. The number of rotatable bonds is 3. The molecule has 1 aromatic heterocycles. The van der Waals surface area contributed by atoms with E-state index in [1.165, 1.54) is 0 Å². The number of aromatic nitrogens is 1. The van der Waals surface area contributed by atoms with Gasteiger partial charge in [0.15, 0.2) is 0 Å². The number of fused-ring (bicyclic) bond motifs is 4. The fourth-order valence-electron chi connectivity index (χ4n) is 5.34. The lowest BCUT2D eigenvalue weighted by atomic mass is 9.71. The molecule has 2 bridgehead atoms. The molecule has 0 saturated carbocycles. The maximum absolute atomic E-state index is 13.0. The number of nitrogens with zero attached hydrogens (tertiary/aromatic N) is 3. The molecule has 6 heteroatoms. The predicted molar refractivity (Wildman–Crippen MR) is 99.3 cm³/mol. The summed E-state index contributed by atoms with van der Waals surface area (Å²) in [6.45, 7) is 3.62. The molecule has 26 heavy (non-hydrogen) atoms. The van der Waals surface area contributed by atoms with Crippen LogP contribution in [0.25, 0.3) is 0 Å². The molecule has 0 radical (unpaired) electrons. The van der Waals surface area contributed by atoms with Gasteiger partial charge in [0.1, 0.15) is 11.5 Å². The van der Waals surface area contributed by atoms with Crippen molar-refractivity contribution in [1.82, 2.24) is 14.8 Å². The summed E-state index contributed by atoms with van der Waals surface area (Å²) < 4.78 is 0. The third kappa shape index (κ3) is 2.95. The Morgan fingerprint density at radius 1 is 1.31 bits per heavy atom. The number of carbonyl (C=O) groups is 2. The summed E-state index contributed by atoms with van der Waals surface area (Å²) in [6, 6.07) is 5.79. The lowest BCUT2D eigenvalue weighted by molar-refractivity contribution is -0.152. The van der Waals surface area contributed by atoms with E-state index in [1.54, 1.807) is 18.2 Å². The molecule has 140 valence electrons. The van der Waals surface area contributed by atoms with Crippen LogP contribution >= 0.6 is 0 Å². The summed E-state index contributed by atoms with van der Waals surface area (Å²) in [4.78, 5) is 34.0. The minimum atomic E-state index is -0.0298. The van der Waals surface area contributed by atoms with Crippen LogP contribution in [0, 0.1) is 11.8 Å². The topological polar surface area (TPSA) is 79.5 Å². The maximum Gasteiger partial charge on any atom is 0.272 e. The molecule has 4 atom stereocenters. The van der Waals surface area contributed by atoms with Gasteiger partial charge >= 0.3 is 0 Å². The van der Waals surface area contributed by atoms with Crippen LogP contribution in [0.4, 0.5) is 5.82 Å². The molecule has 6 nitrogen and oxygen atoms in total. The number of nitrogen functional groups attached to an aromatic ring is 1. The molecule has 3 aliphatic rings. The van der Waals surface area contributed by atoms with Gasteiger partial charge in [-0.05, 0) is 49.7 Å². The fraction of sp³-hybridized carbons (Fsp3) is 0.650. The van der Waals surface area contributed by atoms with Crippen molar-refractivity contribution in [1.29, 1.82) is 0 Å². The minimum absolute atomic E-state index is 0.0298. The quantitative estimate of drug-likeness (QED) is 0.901. The van der Waals surface area contributed by atoms with Crippen LogP contribution in [0.2, 0.25) is 0 Å². The van der Waals surface area contributed by atoms with Gasteiger partial charge in [0.2, 0.25) is 5.91 Å². The normalized spacial score (nSPS) is 30.9. The van der Waals surface area contributed by atoms with Crippen LogP contribution in [0.1, 0.15) is 55.9 Å². The van der Waals surface area contributed by atoms with E-state index in [2.05, 4.69) is 16.8 Å². The first-order chi connectivity index (χ1) is 12.6. The first kappa shape index (κ1) is 17.3. The highest BCUT2D eigenvalue weighted by Gasteiger charge is 2.49. The third-order valence-electron chi connectivity index (χ3n) is 6.36. The Bertz CT molecular complexity index is 707. The number of amides is 2. The molecule has 2 N–H and O–H groups in total. The highest BCUT2D eigenvalue weighted by Crippen LogP contribution is 2.43. The van der Waals surface area contributed by atoms with Gasteiger partial charge in [-0.25, -0.2) is 4.98 Å². The van der Waals surface area contributed by atoms with E-state index in [0.717, 1.165) is 38.6 Å². The molecule has 1 aromatic rings. The molecule has 0 aromatic carbocycles. The van der Waals surface area contributed by atoms with Crippen molar-refractivity contribution in [2.75, 3.05) is 18.8 Å². The number of hydrogen-bond donors (Lipinski definition) is 1. The largest absolute Gasteiger partial charge is 0.384 e. The van der Waals surface area contributed by atoms with E-state index in [4.69, 9.17) is 5.73 Å². The molecule has 4 rings (SSSR count). The SMILES string of the molecule is CCC[C@H]1[C@H]2C[C@H](CN(C(=O)c3cccc(N)n3)C2)[C@@H]2CCCC(=O)N21. The first-order valence-electron chi connectivity index (χ1n) is 9.91. The van der Waals surface area contributed by atoms with Gasteiger partial charge in [0, 0.05) is 31.6 Å². The van der Waals surface area contributed by atoms with E-state index >= 15 is 0 Å². The van der Waals surface area contributed by atoms with Crippen LogP contribution < -0.4 is 5.73 Å². The Hall–Kier alpha value is -2.11. The van der Waals surface area contributed by atoms with Crippen LogP contribution in [0.3, 0.4) is 0 Å². The Morgan fingerprint density at radius 2 is 2.12 bits per heavy atom. The molecule has 3 fully saturated rings. The Morgan fingerprint density at radius 3 is 2.88 bits per heavy atom. The number of likely N-dealkylation sites (tertiary alicyclic amines) is 1. The van der Waals surface area contributed by atoms with E-state index < -0.39 is 0 Å². The minimum Gasteiger partial charge on any atom is -0.384 e. The number of piperidine rings is 3. The molecular formula is C20H28N4O2. The summed E-state index contributed by atoms with van der Waals surface area (Å²) in [6.07, 6.45) is 5.96. The van der Waals surface area contributed by atoms with Gasteiger partial charge in [-0.15, -0.1) is 0 Å². The van der Waals surface area contributed by atoms with Crippen molar-refractivity contribution >= 4 is 17.6 Å². The van der Waals surface area contributed by atoms with Crippen molar-refractivity contribution in [2.24, 2.45) is 11.8 Å². The number of nitrogens with two attached hydrogens (primary N) is 1. The van der Waals surface area contributed by atoms with Crippen LogP contribution in [-0.2, 0) is 4.79 Å². The summed E-state index contributed by atoms with van der Waals surface area (Å²) in [5.74, 6) is 1.43. The van der Waals surface area contributed by atoms with E-state index in [9.17, 15) is 9.59 Å². The van der Waals surface area contributed by atoms with E-state index in [-0.39, 0.29) is 11.9 Å². The predicted octanol–water partition coefficient (Wildman–Crippen LogP) is 2.31. The second-order valence-electron chi connectivity index (χ2n) is 8.03. The average Bonchev–Trinajstić information content (AvgIpc) is 2.64. The van der Waals surface area contributed by atoms with Gasteiger partial charge in [-0.1, -0.05) is 19.4 Å².